The van der Waals surface area contributed by atoms with Crippen LogP contribution in [0.25, 0.3) is 0 Å². The number of piperazine rings is 1. The highest BCUT2D eigenvalue weighted by molar-refractivity contribution is 9.10. The lowest BCUT2D eigenvalue weighted by Crippen LogP contribution is -2.54. The first-order valence-corrected chi connectivity index (χ1v) is 11.8. The molecule has 2 aromatic rings. The van der Waals surface area contributed by atoms with E-state index in [1.54, 1.807) is 12.1 Å². The number of amides is 4. The Hall–Kier alpha value is -3.04. The number of carbonyl (C=O) groups excluding carboxylic acids is 4. The van der Waals surface area contributed by atoms with Gasteiger partial charge in [0.05, 0.1) is 11.1 Å². The van der Waals surface area contributed by atoms with Crippen LogP contribution in [-0.4, -0.2) is 65.6 Å². The number of hydrogen-bond donors (Lipinski definition) is 1. The van der Waals surface area contributed by atoms with Crippen molar-refractivity contribution >= 4 is 45.2 Å². The number of piperidine rings is 1. The van der Waals surface area contributed by atoms with E-state index >= 15 is 0 Å². The Morgan fingerprint density at radius 1 is 0.909 bits per heavy atom. The number of rotatable bonds is 4. The number of halogens is 1. The summed E-state index contributed by atoms with van der Waals surface area (Å²) in [6.45, 7) is 3.95. The maximum absolute atomic E-state index is 13.3. The maximum Gasteiger partial charge on any atom is 0.262 e. The summed E-state index contributed by atoms with van der Waals surface area (Å²) >= 11 is 3.47. The molecule has 2 fully saturated rings. The van der Waals surface area contributed by atoms with Gasteiger partial charge >= 0.3 is 0 Å². The van der Waals surface area contributed by atoms with Crippen LogP contribution in [0.15, 0.2) is 46.9 Å². The summed E-state index contributed by atoms with van der Waals surface area (Å²) in [5.74, 6) is -1.89. The van der Waals surface area contributed by atoms with Gasteiger partial charge in [-0.25, -0.2) is 0 Å². The third-order valence-electron chi connectivity index (χ3n) is 6.51. The zero-order chi connectivity index (χ0) is 23.1. The van der Waals surface area contributed by atoms with E-state index in [0.717, 1.165) is 41.1 Å². The topological polar surface area (TPSA) is 90.0 Å². The van der Waals surface area contributed by atoms with Crippen LogP contribution in [0.4, 0.5) is 5.69 Å². The van der Waals surface area contributed by atoms with Crippen molar-refractivity contribution in [1.82, 2.24) is 15.1 Å². The first-order chi connectivity index (χ1) is 15.9. The van der Waals surface area contributed by atoms with Gasteiger partial charge in [-0.05, 0) is 42.3 Å². The van der Waals surface area contributed by atoms with E-state index in [1.807, 2.05) is 18.2 Å². The average Bonchev–Trinajstić information content (AvgIpc) is 3.06. The minimum atomic E-state index is -0.947. The van der Waals surface area contributed by atoms with E-state index in [1.165, 1.54) is 5.69 Å². The number of carbonyl (C=O) groups is 4. The summed E-state index contributed by atoms with van der Waals surface area (Å²) in [6.07, 6.45) is 0.267. The lowest BCUT2D eigenvalue weighted by atomic mass is 10.0. The van der Waals surface area contributed by atoms with Gasteiger partial charge in [0.15, 0.2) is 0 Å². The van der Waals surface area contributed by atoms with Gasteiger partial charge < -0.3 is 4.90 Å². The molecule has 1 unspecified atom stereocenters. The van der Waals surface area contributed by atoms with Crippen LogP contribution < -0.4 is 10.2 Å². The molecular weight excluding hydrogens is 488 g/mol. The van der Waals surface area contributed by atoms with Gasteiger partial charge in [-0.15, -0.1) is 0 Å². The fourth-order valence-electron chi connectivity index (χ4n) is 4.77. The van der Waals surface area contributed by atoms with Crippen molar-refractivity contribution in [2.45, 2.75) is 25.4 Å². The Balaban J connectivity index is 1.30. The second-order valence-corrected chi connectivity index (χ2v) is 9.44. The fraction of sp³-hybridized carbons (Fsp3) is 0.333. The van der Waals surface area contributed by atoms with E-state index < -0.39 is 23.8 Å². The molecule has 4 amide bonds. The molecule has 170 valence electrons. The molecule has 0 saturated carbocycles. The number of anilines is 1. The summed E-state index contributed by atoms with van der Waals surface area (Å²) in [5.41, 5.74) is 2.68. The largest absolute Gasteiger partial charge is 0.369 e. The van der Waals surface area contributed by atoms with Gasteiger partial charge in [-0.2, -0.15) is 0 Å². The highest BCUT2D eigenvalue weighted by atomic mass is 79.9. The standard InChI is InChI=1S/C24H23BrN4O4/c25-16-4-6-17(7-5-16)28-12-10-27(11-13-28)14-15-2-1-3-18-21(15)24(33)29(23(18)32)19-8-9-20(30)26-22(19)31/h1-7,19H,8-14H2,(H,26,30,31). The van der Waals surface area contributed by atoms with Crippen LogP contribution in [0, 0.1) is 0 Å². The van der Waals surface area contributed by atoms with Crippen LogP contribution >= 0.6 is 15.9 Å². The Morgan fingerprint density at radius 2 is 1.64 bits per heavy atom. The second kappa shape index (κ2) is 8.72. The third kappa shape index (κ3) is 4.06. The lowest BCUT2D eigenvalue weighted by molar-refractivity contribution is -0.136. The van der Waals surface area contributed by atoms with E-state index in [4.69, 9.17) is 0 Å². The monoisotopic (exact) mass is 510 g/mol. The third-order valence-corrected chi connectivity index (χ3v) is 7.04. The highest BCUT2D eigenvalue weighted by Gasteiger charge is 2.45. The van der Waals surface area contributed by atoms with Crippen molar-refractivity contribution in [1.29, 1.82) is 0 Å². The molecule has 0 radical (unpaired) electrons. The SMILES string of the molecule is O=C1CCC(N2C(=O)c3cccc(CN4CCN(c5ccc(Br)cc5)CC4)c3C2=O)C(=O)N1. The van der Waals surface area contributed by atoms with Crippen LogP contribution in [0.2, 0.25) is 0 Å². The molecule has 2 aromatic carbocycles. The molecule has 3 aliphatic rings. The predicted molar refractivity (Wildman–Crippen MR) is 125 cm³/mol. The van der Waals surface area contributed by atoms with E-state index in [9.17, 15) is 19.2 Å². The molecule has 8 nitrogen and oxygen atoms in total. The molecule has 1 N–H and O–H groups in total. The Kier molecular flexibility index (Phi) is 5.76. The summed E-state index contributed by atoms with van der Waals surface area (Å²) in [6, 6.07) is 12.6. The normalized spacial score (nSPS) is 21.4. The quantitative estimate of drug-likeness (QED) is 0.634. The summed E-state index contributed by atoms with van der Waals surface area (Å²) < 4.78 is 1.05. The minimum absolute atomic E-state index is 0.110. The molecular formula is C24H23BrN4O4. The molecule has 2 saturated heterocycles. The van der Waals surface area contributed by atoms with Crippen LogP contribution in [0.3, 0.4) is 0 Å². The van der Waals surface area contributed by atoms with Gasteiger partial charge in [0.1, 0.15) is 6.04 Å². The van der Waals surface area contributed by atoms with Crippen molar-refractivity contribution < 1.29 is 19.2 Å². The maximum atomic E-state index is 13.3. The Morgan fingerprint density at radius 3 is 2.33 bits per heavy atom. The lowest BCUT2D eigenvalue weighted by Gasteiger charge is -2.36. The van der Waals surface area contributed by atoms with Crippen LogP contribution in [0.5, 0.6) is 0 Å². The number of hydrogen-bond acceptors (Lipinski definition) is 6. The fourth-order valence-corrected chi connectivity index (χ4v) is 5.04. The molecule has 3 aliphatic heterocycles. The molecule has 0 bridgehead atoms. The van der Waals surface area contributed by atoms with Gasteiger partial charge in [0, 0.05) is 49.3 Å². The number of fused-ring (bicyclic) bond motifs is 1. The smallest absolute Gasteiger partial charge is 0.262 e. The molecule has 0 aromatic heterocycles. The zero-order valence-corrected chi connectivity index (χ0v) is 19.5. The van der Waals surface area contributed by atoms with Crippen LogP contribution in [0.1, 0.15) is 39.1 Å². The number of nitrogens with zero attached hydrogens (tertiary/aromatic N) is 3. The van der Waals surface area contributed by atoms with E-state index in [0.29, 0.717) is 17.7 Å². The summed E-state index contributed by atoms with van der Waals surface area (Å²) in [5, 5.41) is 2.24. The number of benzene rings is 2. The van der Waals surface area contributed by atoms with Crippen molar-refractivity contribution in [3.05, 3.63) is 63.6 Å². The minimum Gasteiger partial charge on any atom is -0.369 e. The first-order valence-electron chi connectivity index (χ1n) is 11.0. The first kappa shape index (κ1) is 21.8. The Labute approximate surface area is 199 Å². The van der Waals surface area contributed by atoms with Gasteiger partial charge in [-0.3, -0.25) is 34.3 Å². The predicted octanol–water partition coefficient (Wildman–Crippen LogP) is 2.17. The van der Waals surface area contributed by atoms with Crippen molar-refractivity contribution in [3.63, 3.8) is 0 Å². The molecule has 1 atom stereocenters. The zero-order valence-electron chi connectivity index (χ0n) is 17.9. The average molecular weight is 511 g/mol. The molecule has 0 aliphatic carbocycles. The Bertz CT molecular complexity index is 1140. The molecule has 9 heteroatoms. The van der Waals surface area contributed by atoms with Gasteiger partial charge in [-0.1, -0.05) is 28.1 Å². The molecule has 0 spiro atoms. The van der Waals surface area contributed by atoms with Crippen LogP contribution in [-0.2, 0) is 16.1 Å². The van der Waals surface area contributed by atoms with Gasteiger partial charge in [0.2, 0.25) is 11.8 Å². The summed E-state index contributed by atoms with van der Waals surface area (Å²) in [7, 11) is 0. The van der Waals surface area contributed by atoms with Crippen molar-refractivity contribution in [2.75, 3.05) is 31.1 Å². The number of imide groups is 2. The molecule has 33 heavy (non-hydrogen) atoms. The molecule has 5 rings (SSSR count). The van der Waals surface area contributed by atoms with E-state index in [2.05, 4.69) is 43.2 Å². The highest BCUT2D eigenvalue weighted by Crippen LogP contribution is 2.31. The second-order valence-electron chi connectivity index (χ2n) is 8.53. The summed E-state index contributed by atoms with van der Waals surface area (Å²) in [4.78, 5) is 55.7. The van der Waals surface area contributed by atoms with E-state index in [-0.39, 0.29) is 18.7 Å². The van der Waals surface area contributed by atoms with Gasteiger partial charge in [0.25, 0.3) is 11.8 Å². The van der Waals surface area contributed by atoms with Crippen molar-refractivity contribution in [3.8, 4) is 0 Å². The number of nitrogens with one attached hydrogen (secondary N) is 1. The molecule has 3 heterocycles. The van der Waals surface area contributed by atoms with Crippen molar-refractivity contribution in [2.24, 2.45) is 0 Å².